The van der Waals surface area contributed by atoms with E-state index in [0.717, 1.165) is 30.3 Å². The van der Waals surface area contributed by atoms with Crippen LogP contribution in [0.2, 0.25) is 0 Å². The smallest absolute Gasteiger partial charge is 0.183 e. The van der Waals surface area contributed by atoms with E-state index in [-0.39, 0.29) is 5.92 Å². The Hall–Kier alpha value is -1.12. The Morgan fingerprint density at radius 2 is 2.05 bits per heavy atom. The van der Waals surface area contributed by atoms with Gasteiger partial charge in [0, 0.05) is 13.0 Å². The molecule has 0 radical (unpaired) electrons. The monoisotopic (exact) mass is 262 g/mol. The molecule has 1 aromatic heterocycles. The Labute approximate surface area is 116 Å². The summed E-state index contributed by atoms with van der Waals surface area (Å²) < 4.78 is 1.92. The minimum absolute atomic E-state index is 0.229. The highest BCUT2D eigenvalue weighted by Gasteiger charge is 2.28. The van der Waals surface area contributed by atoms with Crippen LogP contribution in [-0.4, -0.2) is 15.3 Å². The molecule has 0 spiro atoms. The fraction of sp³-hybridized carbons (Fsp3) is 0.750. The van der Waals surface area contributed by atoms with Gasteiger partial charge in [-0.1, -0.05) is 26.2 Å². The third-order valence-electron chi connectivity index (χ3n) is 4.66. The van der Waals surface area contributed by atoms with Crippen LogP contribution in [0.1, 0.15) is 68.2 Å². The standard InChI is InChI=1S/C16H26N2O/c1-4-5-6-13-7-9-14(10-8-13)16(19)15-11-17-12(2)18(15)3/h11,13-14H,4-10H2,1-3H3. The Morgan fingerprint density at radius 3 is 2.58 bits per heavy atom. The van der Waals surface area contributed by atoms with Gasteiger partial charge in [0.2, 0.25) is 0 Å². The lowest BCUT2D eigenvalue weighted by molar-refractivity contribution is 0.0860. The number of carbonyl (C=O) groups excluding carboxylic acids is 1. The van der Waals surface area contributed by atoms with Crippen LogP contribution in [0.4, 0.5) is 0 Å². The number of nitrogens with zero attached hydrogens (tertiary/aromatic N) is 2. The summed E-state index contributed by atoms with van der Waals surface area (Å²) in [6, 6.07) is 0. The van der Waals surface area contributed by atoms with Gasteiger partial charge in [-0.25, -0.2) is 4.98 Å². The van der Waals surface area contributed by atoms with Gasteiger partial charge in [0.15, 0.2) is 5.78 Å². The summed E-state index contributed by atoms with van der Waals surface area (Å²) in [7, 11) is 1.93. The molecule has 0 amide bonds. The van der Waals surface area contributed by atoms with Gasteiger partial charge in [0.1, 0.15) is 11.5 Å². The second-order valence-corrected chi connectivity index (χ2v) is 5.97. The van der Waals surface area contributed by atoms with E-state index in [1.165, 1.54) is 32.1 Å². The number of carbonyl (C=O) groups is 1. The molecule has 3 nitrogen and oxygen atoms in total. The number of hydrogen-bond donors (Lipinski definition) is 0. The molecule has 0 atom stereocenters. The van der Waals surface area contributed by atoms with E-state index in [0.29, 0.717) is 5.78 Å². The summed E-state index contributed by atoms with van der Waals surface area (Å²) in [4.78, 5) is 16.7. The van der Waals surface area contributed by atoms with Gasteiger partial charge in [-0.3, -0.25) is 4.79 Å². The Balaban J connectivity index is 1.91. The molecule has 0 aliphatic heterocycles. The average molecular weight is 262 g/mol. The Kier molecular flexibility index (Phi) is 4.78. The predicted molar refractivity (Wildman–Crippen MR) is 77.2 cm³/mol. The second-order valence-electron chi connectivity index (χ2n) is 5.97. The molecule has 0 aromatic carbocycles. The number of rotatable bonds is 5. The third kappa shape index (κ3) is 3.26. The summed E-state index contributed by atoms with van der Waals surface area (Å²) in [5.41, 5.74) is 0.787. The summed E-state index contributed by atoms with van der Waals surface area (Å²) >= 11 is 0. The van der Waals surface area contributed by atoms with E-state index in [1.807, 2.05) is 18.5 Å². The van der Waals surface area contributed by atoms with Gasteiger partial charge in [-0.05, 0) is 38.5 Å². The number of aryl methyl sites for hydroxylation is 1. The molecule has 0 unspecified atom stereocenters. The molecule has 1 saturated carbocycles. The van der Waals surface area contributed by atoms with E-state index >= 15 is 0 Å². The van der Waals surface area contributed by atoms with Crippen molar-refractivity contribution < 1.29 is 4.79 Å². The summed E-state index contributed by atoms with van der Waals surface area (Å²) in [5, 5.41) is 0. The Morgan fingerprint density at radius 1 is 1.37 bits per heavy atom. The van der Waals surface area contributed by atoms with Crippen LogP contribution in [0.5, 0.6) is 0 Å². The number of aromatic nitrogens is 2. The van der Waals surface area contributed by atoms with Crippen molar-refractivity contribution >= 4 is 5.78 Å². The van der Waals surface area contributed by atoms with Crippen molar-refractivity contribution in [3.05, 3.63) is 17.7 Å². The lowest BCUT2D eigenvalue weighted by atomic mass is 9.77. The van der Waals surface area contributed by atoms with Crippen LogP contribution in [0.3, 0.4) is 0 Å². The molecule has 2 rings (SSSR count). The van der Waals surface area contributed by atoms with Crippen molar-refractivity contribution in [1.29, 1.82) is 0 Å². The average Bonchev–Trinajstić information content (AvgIpc) is 2.76. The van der Waals surface area contributed by atoms with E-state index in [1.54, 1.807) is 6.20 Å². The number of unbranched alkanes of at least 4 members (excludes halogenated alkanes) is 1. The molecule has 1 fully saturated rings. The van der Waals surface area contributed by atoms with Crippen molar-refractivity contribution in [1.82, 2.24) is 9.55 Å². The first-order valence-corrected chi connectivity index (χ1v) is 7.66. The minimum atomic E-state index is 0.229. The molecule has 1 aliphatic carbocycles. The number of ketones is 1. The molecule has 1 aliphatic rings. The van der Waals surface area contributed by atoms with E-state index < -0.39 is 0 Å². The molecule has 0 N–H and O–H groups in total. The van der Waals surface area contributed by atoms with Gasteiger partial charge in [0.25, 0.3) is 0 Å². The van der Waals surface area contributed by atoms with E-state index in [4.69, 9.17) is 0 Å². The lowest BCUT2D eigenvalue weighted by Crippen LogP contribution is -2.23. The van der Waals surface area contributed by atoms with Crippen molar-refractivity contribution in [3.63, 3.8) is 0 Å². The molecule has 0 bridgehead atoms. The molecular weight excluding hydrogens is 236 g/mol. The molecule has 1 heterocycles. The first-order chi connectivity index (χ1) is 9.13. The van der Waals surface area contributed by atoms with Gasteiger partial charge >= 0.3 is 0 Å². The van der Waals surface area contributed by atoms with Crippen LogP contribution in [-0.2, 0) is 7.05 Å². The predicted octanol–water partition coefficient (Wildman–Crippen LogP) is 3.91. The third-order valence-corrected chi connectivity index (χ3v) is 4.66. The minimum Gasteiger partial charge on any atom is -0.329 e. The van der Waals surface area contributed by atoms with Crippen LogP contribution < -0.4 is 0 Å². The largest absolute Gasteiger partial charge is 0.329 e. The van der Waals surface area contributed by atoms with Crippen molar-refractivity contribution in [2.45, 2.75) is 58.8 Å². The zero-order valence-corrected chi connectivity index (χ0v) is 12.5. The highest BCUT2D eigenvalue weighted by molar-refractivity contribution is 5.96. The zero-order chi connectivity index (χ0) is 13.8. The van der Waals surface area contributed by atoms with Crippen molar-refractivity contribution in [3.8, 4) is 0 Å². The van der Waals surface area contributed by atoms with Crippen molar-refractivity contribution in [2.75, 3.05) is 0 Å². The van der Waals surface area contributed by atoms with Crippen LogP contribution >= 0.6 is 0 Å². The van der Waals surface area contributed by atoms with E-state index in [2.05, 4.69) is 11.9 Å². The maximum absolute atomic E-state index is 12.5. The Bertz CT molecular complexity index is 428. The zero-order valence-electron chi connectivity index (χ0n) is 12.5. The second kappa shape index (κ2) is 6.36. The summed E-state index contributed by atoms with van der Waals surface area (Å²) in [5.74, 6) is 2.31. The van der Waals surface area contributed by atoms with E-state index in [9.17, 15) is 4.79 Å². The maximum Gasteiger partial charge on any atom is 0.183 e. The summed E-state index contributed by atoms with van der Waals surface area (Å²) in [6.07, 6.45) is 10.3. The first kappa shape index (κ1) is 14.3. The number of hydrogen-bond acceptors (Lipinski definition) is 2. The highest BCUT2D eigenvalue weighted by Crippen LogP contribution is 2.33. The van der Waals surface area contributed by atoms with Crippen LogP contribution in [0.25, 0.3) is 0 Å². The maximum atomic E-state index is 12.5. The summed E-state index contributed by atoms with van der Waals surface area (Å²) in [6.45, 7) is 4.19. The molecule has 1 aromatic rings. The molecule has 19 heavy (non-hydrogen) atoms. The molecule has 0 saturated heterocycles. The number of imidazole rings is 1. The quantitative estimate of drug-likeness (QED) is 0.754. The van der Waals surface area contributed by atoms with Crippen molar-refractivity contribution in [2.24, 2.45) is 18.9 Å². The van der Waals surface area contributed by atoms with Crippen LogP contribution in [0, 0.1) is 18.8 Å². The molecule has 106 valence electrons. The lowest BCUT2D eigenvalue weighted by Gasteiger charge is -2.27. The fourth-order valence-electron chi connectivity index (χ4n) is 3.15. The van der Waals surface area contributed by atoms with Gasteiger partial charge in [-0.15, -0.1) is 0 Å². The normalized spacial score (nSPS) is 23.5. The van der Waals surface area contributed by atoms with Gasteiger partial charge < -0.3 is 4.57 Å². The molecular formula is C16H26N2O. The van der Waals surface area contributed by atoms with Gasteiger partial charge in [0.05, 0.1) is 6.20 Å². The fourth-order valence-corrected chi connectivity index (χ4v) is 3.15. The number of Topliss-reactive ketones (excluding diaryl/α,β-unsaturated/α-hetero) is 1. The topological polar surface area (TPSA) is 34.9 Å². The SMILES string of the molecule is CCCCC1CCC(C(=O)c2cnc(C)n2C)CC1. The molecule has 3 heteroatoms. The van der Waals surface area contributed by atoms with Gasteiger partial charge in [-0.2, -0.15) is 0 Å². The highest BCUT2D eigenvalue weighted by atomic mass is 16.1. The first-order valence-electron chi connectivity index (χ1n) is 7.66. The van der Waals surface area contributed by atoms with Crippen LogP contribution in [0.15, 0.2) is 6.20 Å².